The van der Waals surface area contributed by atoms with Crippen LogP contribution in [0.15, 0.2) is 30.3 Å². The van der Waals surface area contributed by atoms with E-state index in [2.05, 4.69) is 0 Å². The number of nitrogens with zero attached hydrogens (tertiary/aromatic N) is 1. The van der Waals surface area contributed by atoms with E-state index < -0.39 is 5.97 Å². The Labute approximate surface area is 125 Å². The van der Waals surface area contributed by atoms with Crippen LogP contribution in [0.25, 0.3) is 6.08 Å². The van der Waals surface area contributed by atoms with E-state index in [0.717, 1.165) is 30.0 Å². The van der Waals surface area contributed by atoms with Gasteiger partial charge in [-0.15, -0.1) is 0 Å². The molecule has 1 saturated carbocycles. The second-order valence-electron chi connectivity index (χ2n) is 5.74. The second kappa shape index (κ2) is 6.57. The van der Waals surface area contributed by atoms with Gasteiger partial charge in [0.2, 0.25) is 5.91 Å². The van der Waals surface area contributed by atoms with Gasteiger partial charge in [-0.1, -0.05) is 25.1 Å². The predicted molar refractivity (Wildman–Crippen MR) is 81.5 cm³/mol. The number of hydrogen-bond acceptors (Lipinski definition) is 2. The molecular formula is C17H21NO3. The first kappa shape index (κ1) is 15.3. The molecule has 0 spiro atoms. The van der Waals surface area contributed by atoms with Crippen LogP contribution in [0.3, 0.4) is 0 Å². The summed E-state index contributed by atoms with van der Waals surface area (Å²) in [5, 5.41) is 8.64. The lowest BCUT2D eigenvalue weighted by Crippen LogP contribution is -2.32. The van der Waals surface area contributed by atoms with E-state index in [9.17, 15) is 9.59 Å². The Balaban J connectivity index is 1.99. The summed E-state index contributed by atoms with van der Waals surface area (Å²) >= 11 is 0. The maximum absolute atomic E-state index is 12.3. The van der Waals surface area contributed by atoms with Crippen molar-refractivity contribution in [2.24, 2.45) is 11.8 Å². The van der Waals surface area contributed by atoms with Gasteiger partial charge in [-0.05, 0) is 42.0 Å². The largest absolute Gasteiger partial charge is 0.478 e. The smallest absolute Gasteiger partial charge is 0.328 e. The van der Waals surface area contributed by atoms with Crippen LogP contribution in [0, 0.1) is 11.8 Å². The molecular weight excluding hydrogens is 266 g/mol. The zero-order chi connectivity index (χ0) is 15.4. The molecule has 1 aliphatic carbocycles. The number of hydrogen-bond donors (Lipinski definition) is 1. The molecule has 0 aromatic heterocycles. The minimum atomic E-state index is -0.967. The number of carboxylic acids is 1. The van der Waals surface area contributed by atoms with Crippen LogP contribution in [-0.2, 0) is 16.1 Å². The SMILES string of the molecule is CC(C(=O)N(C)Cc1cccc(/C=C/C(=O)O)c1)C1CC1. The van der Waals surface area contributed by atoms with E-state index in [1.165, 1.54) is 0 Å². The Morgan fingerprint density at radius 3 is 2.76 bits per heavy atom. The molecule has 21 heavy (non-hydrogen) atoms. The number of carbonyl (C=O) groups is 2. The maximum Gasteiger partial charge on any atom is 0.328 e. The quantitative estimate of drug-likeness (QED) is 0.818. The van der Waals surface area contributed by atoms with Gasteiger partial charge in [-0.3, -0.25) is 4.79 Å². The molecule has 4 nitrogen and oxygen atoms in total. The van der Waals surface area contributed by atoms with E-state index in [0.29, 0.717) is 12.5 Å². The first-order chi connectivity index (χ1) is 9.97. The van der Waals surface area contributed by atoms with E-state index >= 15 is 0 Å². The summed E-state index contributed by atoms with van der Waals surface area (Å²) in [4.78, 5) is 24.5. The van der Waals surface area contributed by atoms with Crippen molar-refractivity contribution < 1.29 is 14.7 Å². The molecule has 112 valence electrons. The molecule has 2 rings (SSSR count). The Morgan fingerprint density at radius 2 is 2.14 bits per heavy atom. The molecule has 4 heteroatoms. The molecule has 0 aliphatic heterocycles. The van der Waals surface area contributed by atoms with Gasteiger partial charge in [0.15, 0.2) is 0 Å². The van der Waals surface area contributed by atoms with E-state index in [1.807, 2.05) is 38.2 Å². The monoisotopic (exact) mass is 287 g/mol. The van der Waals surface area contributed by atoms with E-state index in [-0.39, 0.29) is 11.8 Å². The highest BCUT2D eigenvalue weighted by Gasteiger charge is 2.33. The second-order valence-corrected chi connectivity index (χ2v) is 5.74. The Kier molecular flexibility index (Phi) is 4.78. The third-order valence-electron chi connectivity index (χ3n) is 3.88. The lowest BCUT2D eigenvalue weighted by molar-refractivity contribution is -0.135. The fourth-order valence-electron chi connectivity index (χ4n) is 2.46. The lowest BCUT2D eigenvalue weighted by atomic mass is 10.0. The number of benzene rings is 1. The molecule has 0 radical (unpaired) electrons. The molecule has 0 heterocycles. The van der Waals surface area contributed by atoms with Crippen molar-refractivity contribution in [3.05, 3.63) is 41.5 Å². The lowest BCUT2D eigenvalue weighted by Gasteiger charge is -2.21. The van der Waals surface area contributed by atoms with Gasteiger partial charge in [0, 0.05) is 25.6 Å². The Hall–Kier alpha value is -2.10. The van der Waals surface area contributed by atoms with Crippen LogP contribution in [-0.4, -0.2) is 28.9 Å². The highest BCUT2D eigenvalue weighted by Crippen LogP contribution is 2.37. The van der Waals surface area contributed by atoms with Crippen LogP contribution < -0.4 is 0 Å². The van der Waals surface area contributed by atoms with Crippen molar-refractivity contribution in [1.82, 2.24) is 4.90 Å². The fraction of sp³-hybridized carbons (Fsp3) is 0.412. The zero-order valence-corrected chi connectivity index (χ0v) is 12.5. The number of amides is 1. The van der Waals surface area contributed by atoms with Gasteiger partial charge in [-0.2, -0.15) is 0 Å². The van der Waals surface area contributed by atoms with Gasteiger partial charge in [0.25, 0.3) is 0 Å². The van der Waals surface area contributed by atoms with Gasteiger partial charge in [0.1, 0.15) is 0 Å². The van der Waals surface area contributed by atoms with Gasteiger partial charge in [-0.25, -0.2) is 4.79 Å². The molecule has 0 saturated heterocycles. The third kappa shape index (κ3) is 4.45. The number of rotatable bonds is 6. The Morgan fingerprint density at radius 1 is 1.43 bits per heavy atom. The molecule has 0 bridgehead atoms. The zero-order valence-electron chi connectivity index (χ0n) is 12.5. The van der Waals surface area contributed by atoms with Crippen molar-refractivity contribution in [1.29, 1.82) is 0 Å². The summed E-state index contributed by atoms with van der Waals surface area (Å²) in [7, 11) is 1.82. The molecule has 1 amide bonds. The van der Waals surface area contributed by atoms with E-state index in [4.69, 9.17) is 5.11 Å². The number of carboxylic acid groups (broad SMARTS) is 1. The van der Waals surface area contributed by atoms with Gasteiger partial charge in [0.05, 0.1) is 0 Å². The number of aliphatic carboxylic acids is 1. The number of carbonyl (C=O) groups excluding carboxylic acids is 1. The first-order valence-electron chi connectivity index (χ1n) is 7.22. The van der Waals surface area contributed by atoms with Crippen LogP contribution in [0.1, 0.15) is 30.9 Å². The van der Waals surface area contributed by atoms with Crippen LogP contribution in [0.5, 0.6) is 0 Å². The molecule has 1 N–H and O–H groups in total. The summed E-state index contributed by atoms with van der Waals surface area (Å²) in [6.07, 6.45) is 5.00. The summed E-state index contributed by atoms with van der Waals surface area (Å²) < 4.78 is 0. The summed E-state index contributed by atoms with van der Waals surface area (Å²) in [6.45, 7) is 2.55. The highest BCUT2D eigenvalue weighted by molar-refractivity contribution is 5.85. The summed E-state index contributed by atoms with van der Waals surface area (Å²) in [6, 6.07) is 7.58. The average Bonchev–Trinajstić information content (AvgIpc) is 3.28. The standard InChI is InChI=1S/C17H21NO3/c1-12(15-7-8-15)17(21)18(2)11-14-5-3-4-13(10-14)6-9-16(19)20/h3-6,9-10,12,15H,7-8,11H2,1-2H3,(H,19,20)/b9-6+. The van der Waals surface area contributed by atoms with Crippen molar-refractivity contribution in [3.8, 4) is 0 Å². The van der Waals surface area contributed by atoms with Crippen LogP contribution >= 0.6 is 0 Å². The fourth-order valence-corrected chi connectivity index (χ4v) is 2.46. The summed E-state index contributed by atoms with van der Waals surface area (Å²) in [5.74, 6) is -0.121. The average molecular weight is 287 g/mol. The first-order valence-corrected chi connectivity index (χ1v) is 7.22. The molecule has 1 atom stereocenters. The minimum Gasteiger partial charge on any atom is -0.478 e. The van der Waals surface area contributed by atoms with Crippen molar-refractivity contribution in [2.45, 2.75) is 26.3 Å². The van der Waals surface area contributed by atoms with Gasteiger partial charge >= 0.3 is 5.97 Å². The van der Waals surface area contributed by atoms with E-state index in [1.54, 1.807) is 11.0 Å². The molecule has 1 unspecified atom stereocenters. The third-order valence-corrected chi connectivity index (χ3v) is 3.88. The van der Waals surface area contributed by atoms with Crippen molar-refractivity contribution in [3.63, 3.8) is 0 Å². The predicted octanol–water partition coefficient (Wildman–Crippen LogP) is 2.79. The normalized spacial score (nSPS) is 15.9. The van der Waals surface area contributed by atoms with Gasteiger partial charge < -0.3 is 10.0 Å². The highest BCUT2D eigenvalue weighted by atomic mass is 16.4. The van der Waals surface area contributed by atoms with Crippen molar-refractivity contribution >= 4 is 18.0 Å². The molecule has 1 fully saturated rings. The molecule has 1 aromatic carbocycles. The van der Waals surface area contributed by atoms with Crippen LogP contribution in [0.4, 0.5) is 0 Å². The minimum absolute atomic E-state index is 0.102. The molecule has 1 aromatic rings. The maximum atomic E-state index is 12.3. The van der Waals surface area contributed by atoms with Crippen LogP contribution in [0.2, 0.25) is 0 Å². The molecule has 1 aliphatic rings. The Bertz CT molecular complexity index is 561. The topological polar surface area (TPSA) is 57.6 Å². The summed E-state index contributed by atoms with van der Waals surface area (Å²) in [5.41, 5.74) is 1.83. The van der Waals surface area contributed by atoms with Crippen molar-refractivity contribution in [2.75, 3.05) is 7.05 Å².